The predicted molar refractivity (Wildman–Crippen MR) is 97.4 cm³/mol. The van der Waals surface area contributed by atoms with Crippen LogP contribution in [0.4, 0.5) is 0 Å². The molecule has 1 saturated heterocycles. The standard InChI is InChI=1S/C20H27N3O/c1-15-12-19(20(24)22-11-7-10-18(14-22)21-3)16(2)23(15)13-17-8-5-4-6-9-17/h4-6,8-9,12,18,21H,7,10-11,13-14H2,1-3H3. The number of carbonyl (C=O) groups excluding carboxylic acids is 1. The van der Waals surface area contributed by atoms with Crippen molar-refractivity contribution in [3.63, 3.8) is 0 Å². The van der Waals surface area contributed by atoms with E-state index in [4.69, 9.17) is 0 Å². The molecule has 0 spiro atoms. The van der Waals surface area contributed by atoms with E-state index in [1.54, 1.807) is 0 Å². The van der Waals surface area contributed by atoms with E-state index in [1.165, 1.54) is 5.56 Å². The molecule has 4 nitrogen and oxygen atoms in total. The number of benzene rings is 1. The molecule has 3 rings (SSSR count). The topological polar surface area (TPSA) is 37.3 Å². The van der Waals surface area contributed by atoms with Crippen molar-refractivity contribution in [2.24, 2.45) is 0 Å². The van der Waals surface area contributed by atoms with Gasteiger partial charge < -0.3 is 14.8 Å². The van der Waals surface area contributed by atoms with Gasteiger partial charge in [0.05, 0.1) is 5.56 Å². The van der Waals surface area contributed by atoms with Gasteiger partial charge in [0.1, 0.15) is 0 Å². The van der Waals surface area contributed by atoms with Gasteiger partial charge in [-0.05, 0) is 45.4 Å². The third-order valence-corrected chi connectivity index (χ3v) is 5.10. The molecule has 1 aliphatic heterocycles. The number of aromatic nitrogens is 1. The third-order valence-electron chi connectivity index (χ3n) is 5.10. The van der Waals surface area contributed by atoms with Gasteiger partial charge in [0.2, 0.25) is 0 Å². The zero-order valence-corrected chi connectivity index (χ0v) is 14.9. The Morgan fingerprint density at radius 2 is 2.00 bits per heavy atom. The highest BCUT2D eigenvalue weighted by molar-refractivity contribution is 5.95. The molecule has 1 N–H and O–H groups in total. The molecule has 0 saturated carbocycles. The minimum atomic E-state index is 0.169. The number of nitrogens with one attached hydrogen (secondary N) is 1. The number of hydrogen-bond donors (Lipinski definition) is 1. The molecular formula is C20H27N3O. The molecule has 0 radical (unpaired) electrons. The predicted octanol–water partition coefficient (Wildman–Crippen LogP) is 2.98. The van der Waals surface area contributed by atoms with Gasteiger partial charge in [-0.25, -0.2) is 0 Å². The van der Waals surface area contributed by atoms with E-state index in [0.29, 0.717) is 6.04 Å². The number of rotatable bonds is 4. The fourth-order valence-corrected chi connectivity index (χ4v) is 3.59. The highest BCUT2D eigenvalue weighted by Gasteiger charge is 2.26. The first-order valence-electron chi connectivity index (χ1n) is 8.77. The molecule has 128 valence electrons. The van der Waals surface area contributed by atoms with Crippen LogP contribution in [0.15, 0.2) is 36.4 Å². The lowest BCUT2D eigenvalue weighted by molar-refractivity contribution is 0.0697. The molecule has 1 fully saturated rings. The van der Waals surface area contributed by atoms with Gasteiger partial charge in [0, 0.05) is 37.1 Å². The van der Waals surface area contributed by atoms with Crippen LogP contribution in [0, 0.1) is 13.8 Å². The quantitative estimate of drug-likeness (QED) is 0.938. The van der Waals surface area contributed by atoms with Crippen molar-refractivity contribution in [3.8, 4) is 0 Å². The Balaban J connectivity index is 1.81. The largest absolute Gasteiger partial charge is 0.344 e. The lowest BCUT2D eigenvalue weighted by atomic mass is 10.0. The number of nitrogens with zero attached hydrogens (tertiary/aromatic N) is 2. The third kappa shape index (κ3) is 3.39. The van der Waals surface area contributed by atoms with Gasteiger partial charge in [0.15, 0.2) is 0 Å². The zero-order valence-electron chi connectivity index (χ0n) is 14.9. The number of likely N-dealkylation sites (tertiary alicyclic amines) is 1. The summed E-state index contributed by atoms with van der Waals surface area (Å²) in [5.74, 6) is 0.169. The number of likely N-dealkylation sites (N-methyl/N-ethyl adjacent to an activating group) is 1. The van der Waals surface area contributed by atoms with E-state index in [0.717, 1.165) is 49.4 Å². The Morgan fingerprint density at radius 1 is 1.25 bits per heavy atom. The van der Waals surface area contributed by atoms with E-state index >= 15 is 0 Å². The van der Waals surface area contributed by atoms with Crippen LogP contribution in [0.5, 0.6) is 0 Å². The van der Waals surface area contributed by atoms with Crippen LogP contribution < -0.4 is 5.32 Å². The van der Waals surface area contributed by atoms with Crippen LogP contribution in [0.25, 0.3) is 0 Å². The normalized spacial score (nSPS) is 18.0. The van der Waals surface area contributed by atoms with E-state index in [9.17, 15) is 4.79 Å². The average molecular weight is 325 g/mol. The Kier molecular flexibility index (Phi) is 5.05. The number of amides is 1. The molecule has 0 bridgehead atoms. The Labute approximate surface area is 144 Å². The SMILES string of the molecule is CNC1CCCN(C(=O)c2cc(C)n(Cc3ccccc3)c2C)C1. The second-order valence-electron chi connectivity index (χ2n) is 6.74. The summed E-state index contributed by atoms with van der Waals surface area (Å²) in [6, 6.07) is 12.9. The molecule has 1 aliphatic rings. The van der Waals surface area contributed by atoms with Crippen molar-refractivity contribution in [1.29, 1.82) is 0 Å². The molecule has 24 heavy (non-hydrogen) atoms. The summed E-state index contributed by atoms with van der Waals surface area (Å²) in [5.41, 5.74) is 4.31. The summed E-state index contributed by atoms with van der Waals surface area (Å²) < 4.78 is 2.24. The summed E-state index contributed by atoms with van der Waals surface area (Å²) in [6.07, 6.45) is 2.22. The molecule has 2 heterocycles. The first-order chi connectivity index (χ1) is 11.6. The lowest BCUT2D eigenvalue weighted by Gasteiger charge is -2.32. The number of hydrogen-bond acceptors (Lipinski definition) is 2. The molecular weight excluding hydrogens is 298 g/mol. The monoisotopic (exact) mass is 325 g/mol. The second kappa shape index (κ2) is 7.22. The fourth-order valence-electron chi connectivity index (χ4n) is 3.59. The minimum Gasteiger partial charge on any atom is -0.344 e. The van der Waals surface area contributed by atoms with Crippen molar-refractivity contribution < 1.29 is 4.79 Å². The molecule has 1 unspecified atom stereocenters. The van der Waals surface area contributed by atoms with Gasteiger partial charge in [0.25, 0.3) is 5.91 Å². The van der Waals surface area contributed by atoms with Crippen LogP contribution in [0.1, 0.15) is 40.2 Å². The van der Waals surface area contributed by atoms with Crippen molar-refractivity contribution >= 4 is 5.91 Å². The molecule has 1 aromatic heterocycles. The smallest absolute Gasteiger partial charge is 0.255 e. The summed E-state index contributed by atoms with van der Waals surface area (Å²) >= 11 is 0. The first-order valence-corrected chi connectivity index (χ1v) is 8.77. The summed E-state index contributed by atoms with van der Waals surface area (Å²) in [5, 5.41) is 3.30. The maximum atomic E-state index is 13.0. The van der Waals surface area contributed by atoms with Crippen molar-refractivity contribution in [1.82, 2.24) is 14.8 Å². The maximum Gasteiger partial charge on any atom is 0.255 e. The first kappa shape index (κ1) is 16.8. The van der Waals surface area contributed by atoms with Crippen LogP contribution in [-0.4, -0.2) is 41.6 Å². The number of piperidine rings is 1. The summed E-state index contributed by atoms with van der Waals surface area (Å²) in [4.78, 5) is 15.0. The zero-order chi connectivity index (χ0) is 17.1. The average Bonchev–Trinajstić information content (AvgIpc) is 2.90. The van der Waals surface area contributed by atoms with Gasteiger partial charge >= 0.3 is 0 Å². The Bertz CT molecular complexity index is 705. The number of carbonyl (C=O) groups is 1. The van der Waals surface area contributed by atoms with Crippen molar-refractivity contribution in [3.05, 3.63) is 58.9 Å². The fraction of sp³-hybridized carbons (Fsp3) is 0.450. The maximum absolute atomic E-state index is 13.0. The van der Waals surface area contributed by atoms with Crippen LogP contribution in [-0.2, 0) is 6.54 Å². The Hall–Kier alpha value is -2.07. The van der Waals surface area contributed by atoms with Crippen LogP contribution >= 0.6 is 0 Å². The van der Waals surface area contributed by atoms with E-state index < -0.39 is 0 Å². The lowest BCUT2D eigenvalue weighted by Crippen LogP contribution is -2.47. The summed E-state index contributed by atoms with van der Waals surface area (Å²) in [7, 11) is 1.98. The van der Waals surface area contributed by atoms with Gasteiger partial charge in [-0.2, -0.15) is 0 Å². The highest BCUT2D eigenvalue weighted by atomic mass is 16.2. The van der Waals surface area contributed by atoms with E-state index in [2.05, 4.69) is 48.0 Å². The van der Waals surface area contributed by atoms with Crippen LogP contribution in [0.3, 0.4) is 0 Å². The molecule has 1 amide bonds. The minimum absolute atomic E-state index is 0.169. The molecule has 4 heteroatoms. The molecule has 1 atom stereocenters. The Morgan fingerprint density at radius 3 is 2.71 bits per heavy atom. The van der Waals surface area contributed by atoms with E-state index in [1.807, 2.05) is 24.1 Å². The summed E-state index contributed by atoms with van der Waals surface area (Å²) in [6.45, 7) is 6.62. The molecule has 0 aliphatic carbocycles. The number of aryl methyl sites for hydroxylation is 1. The van der Waals surface area contributed by atoms with Crippen LogP contribution in [0.2, 0.25) is 0 Å². The van der Waals surface area contributed by atoms with Gasteiger partial charge in [-0.1, -0.05) is 30.3 Å². The highest BCUT2D eigenvalue weighted by Crippen LogP contribution is 2.21. The van der Waals surface area contributed by atoms with Crippen molar-refractivity contribution in [2.45, 2.75) is 39.3 Å². The van der Waals surface area contributed by atoms with Crippen molar-refractivity contribution in [2.75, 3.05) is 20.1 Å². The van der Waals surface area contributed by atoms with E-state index in [-0.39, 0.29) is 5.91 Å². The van der Waals surface area contributed by atoms with Gasteiger partial charge in [-0.15, -0.1) is 0 Å². The molecule has 2 aromatic rings. The molecule has 1 aromatic carbocycles. The second-order valence-corrected chi connectivity index (χ2v) is 6.74. The van der Waals surface area contributed by atoms with Gasteiger partial charge in [-0.3, -0.25) is 4.79 Å².